The molecule has 1 saturated heterocycles. The van der Waals surface area contributed by atoms with Gasteiger partial charge in [-0.1, -0.05) is 11.6 Å². The van der Waals surface area contributed by atoms with E-state index < -0.39 is 8.30 Å². The van der Waals surface area contributed by atoms with E-state index in [9.17, 15) is 0 Å². The first-order valence-electron chi connectivity index (χ1n) is 5.74. The Balaban J connectivity index is 2.28. The third-order valence-electron chi connectivity index (χ3n) is 4.13. The van der Waals surface area contributed by atoms with Gasteiger partial charge < -0.3 is 4.52 Å². The molecule has 0 N–H and O–H groups in total. The Bertz CT molecular complexity index is 287. The Morgan fingerprint density at radius 3 is 2.87 bits per heavy atom. The molecule has 2 nitrogen and oxygen atoms in total. The van der Waals surface area contributed by atoms with Crippen LogP contribution in [0.1, 0.15) is 33.6 Å². The molecule has 3 heteroatoms. The second-order valence-corrected chi connectivity index (χ2v) is 7.11. The molecule has 2 rings (SSSR count). The zero-order chi connectivity index (χ0) is 11.2. The molecule has 3 atom stereocenters. The van der Waals surface area contributed by atoms with E-state index in [1.54, 1.807) is 0 Å². The van der Waals surface area contributed by atoms with Crippen molar-refractivity contribution in [2.75, 3.05) is 13.7 Å². The van der Waals surface area contributed by atoms with Gasteiger partial charge in [0.15, 0.2) is 0 Å². The summed E-state index contributed by atoms with van der Waals surface area (Å²) in [6, 6.07) is 0. The van der Waals surface area contributed by atoms with Gasteiger partial charge >= 0.3 is 0 Å². The smallest absolute Gasteiger partial charge is 0.102 e. The van der Waals surface area contributed by atoms with Gasteiger partial charge in [0.2, 0.25) is 0 Å². The molecule has 0 saturated carbocycles. The van der Waals surface area contributed by atoms with Crippen molar-refractivity contribution in [1.29, 1.82) is 0 Å². The minimum atomic E-state index is -0.415. The van der Waals surface area contributed by atoms with Crippen LogP contribution in [0.25, 0.3) is 0 Å². The maximum atomic E-state index is 6.12. The maximum Gasteiger partial charge on any atom is 0.102 e. The van der Waals surface area contributed by atoms with Crippen LogP contribution < -0.4 is 0 Å². The predicted octanol–water partition coefficient (Wildman–Crippen LogP) is 3.39. The summed E-state index contributed by atoms with van der Waals surface area (Å²) in [7, 11) is 1.79. The molecule has 0 aromatic rings. The van der Waals surface area contributed by atoms with Crippen molar-refractivity contribution in [2.24, 2.45) is 5.92 Å². The Morgan fingerprint density at radius 1 is 1.53 bits per heavy atom. The average molecular weight is 227 g/mol. The van der Waals surface area contributed by atoms with Crippen LogP contribution in [0.3, 0.4) is 0 Å². The van der Waals surface area contributed by atoms with Crippen LogP contribution >= 0.6 is 8.30 Å². The lowest BCUT2D eigenvalue weighted by atomic mass is 9.76. The summed E-state index contributed by atoms with van der Waals surface area (Å²) in [5, 5.41) is 0. The van der Waals surface area contributed by atoms with Gasteiger partial charge in [-0.25, -0.2) is 0 Å². The third-order valence-corrected chi connectivity index (χ3v) is 6.04. The molecule has 1 fully saturated rings. The molecule has 0 aromatic carbocycles. The Kier molecular flexibility index (Phi) is 2.96. The van der Waals surface area contributed by atoms with Crippen molar-refractivity contribution in [3.8, 4) is 0 Å². The third kappa shape index (κ3) is 1.88. The summed E-state index contributed by atoms with van der Waals surface area (Å²) < 4.78 is 8.55. The van der Waals surface area contributed by atoms with Crippen molar-refractivity contribution in [2.45, 2.75) is 45.3 Å². The molecule has 86 valence electrons. The first-order chi connectivity index (χ1) is 6.93. The molecule has 1 aliphatic carbocycles. The fourth-order valence-corrected chi connectivity index (χ4v) is 4.31. The fraction of sp³-hybridized carbons (Fsp3) is 0.833. The number of fused-ring (bicyclic) bond motifs is 1. The lowest BCUT2D eigenvalue weighted by Crippen LogP contribution is -2.54. The number of hydrogen-bond acceptors (Lipinski definition) is 2. The van der Waals surface area contributed by atoms with E-state index in [0.29, 0.717) is 12.0 Å². The van der Waals surface area contributed by atoms with Gasteiger partial charge in [-0.15, -0.1) is 0 Å². The zero-order valence-electron chi connectivity index (χ0n) is 10.4. The molecule has 1 heterocycles. The monoisotopic (exact) mass is 227 g/mol. The topological polar surface area (TPSA) is 12.5 Å². The van der Waals surface area contributed by atoms with Crippen molar-refractivity contribution >= 4 is 8.30 Å². The molecule has 15 heavy (non-hydrogen) atoms. The summed E-state index contributed by atoms with van der Waals surface area (Å²) >= 11 is 0. The highest BCUT2D eigenvalue weighted by atomic mass is 31.2. The van der Waals surface area contributed by atoms with Crippen molar-refractivity contribution in [3.63, 3.8) is 0 Å². The normalized spacial score (nSPS) is 40.9. The van der Waals surface area contributed by atoms with Crippen LogP contribution in [-0.4, -0.2) is 30.0 Å². The van der Waals surface area contributed by atoms with Crippen molar-refractivity contribution in [1.82, 2.24) is 4.67 Å². The van der Waals surface area contributed by atoms with E-state index >= 15 is 0 Å². The lowest BCUT2D eigenvalue weighted by Gasteiger charge is -2.53. The van der Waals surface area contributed by atoms with Crippen LogP contribution in [0.2, 0.25) is 0 Å². The van der Waals surface area contributed by atoms with Gasteiger partial charge in [0.05, 0.1) is 6.10 Å². The van der Waals surface area contributed by atoms with Crippen molar-refractivity contribution in [3.05, 3.63) is 11.6 Å². The minimum Gasteiger partial charge on any atom is -0.336 e. The molecule has 0 aromatic heterocycles. The predicted molar refractivity (Wildman–Crippen MR) is 66.0 cm³/mol. The van der Waals surface area contributed by atoms with Gasteiger partial charge in [-0.2, -0.15) is 0 Å². The van der Waals surface area contributed by atoms with Crippen LogP contribution in [0, 0.1) is 5.92 Å². The molecular weight excluding hydrogens is 205 g/mol. The second-order valence-electron chi connectivity index (χ2n) is 5.37. The minimum absolute atomic E-state index is 0.278. The molecule has 2 aliphatic rings. The zero-order valence-corrected chi connectivity index (χ0v) is 11.3. The molecule has 0 bridgehead atoms. The highest BCUT2D eigenvalue weighted by Crippen LogP contribution is 2.54. The van der Waals surface area contributed by atoms with E-state index in [1.165, 1.54) is 18.4 Å². The summed E-state index contributed by atoms with van der Waals surface area (Å²) in [5.41, 5.74) is 1.78. The highest BCUT2D eigenvalue weighted by molar-refractivity contribution is 7.49. The van der Waals surface area contributed by atoms with Crippen LogP contribution in [-0.2, 0) is 4.52 Å². The van der Waals surface area contributed by atoms with E-state index in [0.717, 1.165) is 0 Å². The van der Waals surface area contributed by atoms with Gasteiger partial charge in [0, 0.05) is 11.5 Å². The first-order valence-corrected chi connectivity index (χ1v) is 7.40. The number of nitrogens with zero attached hydrogens (tertiary/aromatic N) is 1. The number of rotatable bonds is 0. The van der Waals surface area contributed by atoms with Crippen LogP contribution in [0.15, 0.2) is 11.6 Å². The Labute approximate surface area is 94.6 Å². The molecule has 0 radical (unpaired) electrons. The molecule has 0 spiro atoms. The van der Waals surface area contributed by atoms with Crippen LogP contribution in [0.4, 0.5) is 0 Å². The molecule has 1 aliphatic heterocycles. The Hall–Kier alpha value is 0.0900. The molecule has 3 unspecified atom stereocenters. The van der Waals surface area contributed by atoms with Gasteiger partial charge in [0.1, 0.15) is 8.30 Å². The summed E-state index contributed by atoms with van der Waals surface area (Å²) in [6.07, 6.45) is 5.22. The highest BCUT2D eigenvalue weighted by Gasteiger charge is 2.46. The SMILES string of the molecule is CC1=CC2OP(C)N(C)C(C)(C)C2CC1. The standard InChI is InChI=1S/C12H22NOP/c1-9-6-7-10-11(8-9)14-15(5)13(4)12(10,2)3/h8,10-11H,6-7H2,1-5H3. The average Bonchev–Trinajstić information content (AvgIpc) is 2.14. The first kappa shape index (κ1) is 11.6. The molecular formula is C12H22NOP. The fourth-order valence-electron chi connectivity index (χ4n) is 2.74. The Morgan fingerprint density at radius 2 is 2.20 bits per heavy atom. The van der Waals surface area contributed by atoms with Gasteiger partial charge in [0.25, 0.3) is 0 Å². The lowest BCUT2D eigenvalue weighted by molar-refractivity contribution is 0.0244. The summed E-state index contributed by atoms with van der Waals surface area (Å²) in [5.74, 6) is 0.657. The summed E-state index contributed by atoms with van der Waals surface area (Å²) in [6.45, 7) is 9.16. The maximum absolute atomic E-state index is 6.12. The largest absolute Gasteiger partial charge is 0.336 e. The summed E-state index contributed by atoms with van der Waals surface area (Å²) in [4.78, 5) is 0. The number of hydrogen-bond donors (Lipinski definition) is 0. The van der Waals surface area contributed by atoms with Crippen molar-refractivity contribution < 1.29 is 4.52 Å². The second kappa shape index (κ2) is 3.84. The number of allylic oxidation sites excluding steroid dienone is 1. The van der Waals surface area contributed by atoms with E-state index in [4.69, 9.17) is 4.52 Å². The van der Waals surface area contributed by atoms with E-state index in [1.807, 2.05) is 0 Å². The van der Waals surface area contributed by atoms with Gasteiger partial charge in [-0.05, 0) is 47.3 Å². The molecule has 0 amide bonds. The quantitative estimate of drug-likeness (QED) is 0.464. The van der Waals surface area contributed by atoms with Gasteiger partial charge in [-0.3, -0.25) is 4.67 Å². The van der Waals surface area contributed by atoms with E-state index in [-0.39, 0.29) is 5.54 Å². The van der Waals surface area contributed by atoms with Crippen LogP contribution in [0.5, 0.6) is 0 Å². The van der Waals surface area contributed by atoms with E-state index in [2.05, 4.69) is 45.2 Å².